The van der Waals surface area contributed by atoms with Crippen LogP contribution >= 0.6 is 23.2 Å². The normalized spacial score (nSPS) is 18.0. The van der Waals surface area contributed by atoms with Gasteiger partial charge in [-0.15, -0.1) is 0 Å². The number of hydrogen-bond donors (Lipinski definition) is 1. The molecule has 1 aromatic rings. The lowest BCUT2D eigenvalue weighted by molar-refractivity contribution is -0.0758. The maximum atomic E-state index is 12.2. The van der Waals surface area contributed by atoms with Crippen molar-refractivity contribution in [1.82, 2.24) is 4.90 Å². The lowest BCUT2D eigenvalue weighted by Gasteiger charge is -2.35. The summed E-state index contributed by atoms with van der Waals surface area (Å²) in [5.41, 5.74) is -0.250. The number of likely N-dealkylation sites (N-methyl/N-ethyl adjacent to an activating group) is 1. The van der Waals surface area contributed by atoms with Crippen molar-refractivity contribution in [3.63, 3.8) is 0 Å². The number of aliphatic hydroxyl groups is 1. The minimum Gasteiger partial charge on any atom is -0.388 e. The first-order valence-corrected chi connectivity index (χ1v) is 7.62. The third-order valence-electron chi connectivity index (χ3n) is 3.64. The summed E-state index contributed by atoms with van der Waals surface area (Å²) in [6.07, 6.45) is 1.19. The van der Waals surface area contributed by atoms with Crippen LogP contribution < -0.4 is 0 Å². The highest BCUT2D eigenvalue weighted by Crippen LogP contribution is 2.24. The molecule has 0 saturated carbocycles. The van der Waals surface area contributed by atoms with Crippen molar-refractivity contribution in [2.24, 2.45) is 0 Å². The van der Waals surface area contributed by atoms with Gasteiger partial charge in [-0.05, 0) is 25.2 Å². The van der Waals surface area contributed by atoms with E-state index in [1.165, 1.54) is 0 Å². The third kappa shape index (κ3) is 4.66. The second kappa shape index (κ2) is 7.07. The van der Waals surface area contributed by atoms with E-state index in [2.05, 4.69) is 0 Å². The number of carbonyl (C=O) groups excluding carboxylic acids is 1. The number of hydrogen-bond acceptors (Lipinski definition) is 4. The Morgan fingerprint density at radius 1 is 1.33 bits per heavy atom. The highest BCUT2D eigenvalue weighted by molar-refractivity contribution is 6.42. The van der Waals surface area contributed by atoms with Crippen LogP contribution in [0.2, 0.25) is 10.0 Å². The van der Waals surface area contributed by atoms with E-state index in [0.717, 1.165) is 0 Å². The lowest BCUT2D eigenvalue weighted by Crippen LogP contribution is -2.46. The molecule has 1 N–H and O–H groups in total. The molecule has 2 rings (SSSR count). The van der Waals surface area contributed by atoms with Gasteiger partial charge in [0.15, 0.2) is 5.78 Å². The zero-order valence-electron chi connectivity index (χ0n) is 11.9. The Morgan fingerprint density at radius 3 is 2.62 bits per heavy atom. The van der Waals surface area contributed by atoms with Crippen molar-refractivity contribution in [1.29, 1.82) is 0 Å². The number of ether oxygens (including phenoxy) is 1. The van der Waals surface area contributed by atoms with Crippen LogP contribution in [-0.2, 0) is 4.74 Å². The number of nitrogens with zero attached hydrogens (tertiary/aromatic N) is 1. The molecule has 1 aromatic carbocycles. The smallest absolute Gasteiger partial charge is 0.176 e. The van der Waals surface area contributed by atoms with E-state index in [4.69, 9.17) is 27.9 Å². The van der Waals surface area contributed by atoms with Crippen molar-refractivity contribution in [2.75, 3.05) is 33.4 Å². The molecule has 1 aliphatic rings. The predicted molar refractivity (Wildman–Crippen MR) is 83.3 cm³/mol. The molecule has 0 atom stereocenters. The van der Waals surface area contributed by atoms with E-state index in [9.17, 15) is 9.90 Å². The van der Waals surface area contributed by atoms with Crippen LogP contribution in [0.15, 0.2) is 18.2 Å². The van der Waals surface area contributed by atoms with E-state index >= 15 is 0 Å². The molecule has 116 valence electrons. The number of rotatable bonds is 5. The molecule has 0 radical (unpaired) electrons. The van der Waals surface area contributed by atoms with Gasteiger partial charge < -0.3 is 9.84 Å². The Kier molecular flexibility index (Phi) is 5.63. The summed E-state index contributed by atoms with van der Waals surface area (Å²) < 4.78 is 5.25. The van der Waals surface area contributed by atoms with Crippen molar-refractivity contribution < 1.29 is 14.6 Å². The summed E-state index contributed by atoms with van der Waals surface area (Å²) in [4.78, 5) is 14.0. The maximum Gasteiger partial charge on any atom is 0.176 e. The highest BCUT2D eigenvalue weighted by atomic mass is 35.5. The molecule has 1 saturated heterocycles. The van der Waals surface area contributed by atoms with E-state index in [1.54, 1.807) is 18.2 Å². The van der Waals surface area contributed by atoms with Crippen molar-refractivity contribution in [3.05, 3.63) is 33.8 Å². The van der Waals surface area contributed by atoms with Crippen LogP contribution in [0.5, 0.6) is 0 Å². The van der Waals surface area contributed by atoms with Gasteiger partial charge >= 0.3 is 0 Å². The average Bonchev–Trinajstić information content (AvgIpc) is 2.41. The molecule has 0 aliphatic carbocycles. The fraction of sp³-hybridized carbons (Fsp3) is 0.533. The summed E-state index contributed by atoms with van der Waals surface area (Å²) in [7, 11) is 1.82. The molecule has 1 aliphatic heterocycles. The fourth-order valence-corrected chi connectivity index (χ4v) is 2.77. The van der Waals surface area contributed by atoms with E-state index in [1.807, 2.05) is 11.9 Å². The zero-order chi connectivity index (χ0) is 15.5. The van der Waals surface area contributed by atoms with Crippen LogP contribution in [0.1, 0.15) is 23.2 Å². The van der Waals surface area contributed by atoms with E-state index < -0.39 is 5.60 Å². The predicted octanol–water partition coefficient (Wildman–Crippen LogP) is 2.65. The Hall–Kier alpha value is -0.650. The minimum atomic E-state index is -0.773. The standard InChI is InChI=1S/C15H19Cl2NO3/c1-18(10-15(20)4-6-21-7-5-15)9-14(19)11-2-3-12(16)13(17)8-11/h2-3,8,20H,4-7,9-10H2,1H3. The van der Waals surface area contributed by atoms with Gasteiger partial charge in [-0.1, -0.05) is 23.2 Å². The quantitative estimate of drug-likeness (QED) is 0.843. The van der Waals surface area contributed by atoms with Gasteiger partial charge in [0, 0.05) is 38.2 Å². The van der Waals surface area contributed by atoms with Gasteiger partial charge in [-0.25, -0.2) is 0 Å². The van der Waals surface area contributed by atoms with Crippen LogP contribution in [0, 0.1) is 0 Å². The molecule has 1 fully saturated rings. The molecule has 1 heterocycles. The van der Waals surface area contributed by atoms with Crippen molar-refractivity contribution in [3.8, 4) is 0 Å². The summed E-state index contributed by atoms with van der Waals surface area (Å²) in [5, 5.41) is 11.2. The average molecular weight is 332 g/mol. The molecule has 0 amide bonds. The largest absolute Gasteiger partial charge is 0.388 e. The molecule has 0 spiro atoms. The zero-order valence-corrected chi connectivity index (χ0v) is 13.5. The summed E-state index contributed by atoms with van der Waals surface area (Å²) in [6.45, 7) is 1.79. The topological polar surface area (TPSA) is 49.8 Å². The number of Topliss-reactive ketones (excluding diaryl/α,β-unsaturated/α-hetero) is 1. The van der Waals surface area contributed by atoms with E-state index in [0.29, 0.717) is 48.2 Å². The second-order valence-corrected chi connectivity index (χ2v) is 6.38. The first-order chi connectivity index (χ1) is 9.89. The Morgan fingerprint density at radius 2 is 2.00 bits per heavy atom. The highest BCUT2D eigenvalue weighted by Gasteiger charge is 2.31. The third-order valence-corrected chi connectivity index (χ3v) is 4.38. The molecular formula is C15H19Cl2NO3. The molecule has 6 heteroatoms. The second-order valence-electron chi connectivity index (χ2n) is 5.56. The monoisotopic (exact) mass is 331 g/mol. The molecule has 0 bridgehead atoms. The van der Waals surface area contributed by atoms with Gasteiger partial charge in [-0.3, -0.25) is 9.69 Å². The van der Waals surface area contributed by atoms with Gasteiger partial charge in [-0.2, -0.15) is 0 Å². The summed E-state index contributed by atoms with van der Waals surface area (Å²) in [6, 6.07) is 4.85. The number of benzene rings is 1. The van der Waals surface area contributed by atoms with E-state index in [-0.39, 0.29) is 12.3 Å². The van der Waals surface area contributed by atoms with Crippen LogP contribution in [0.25, 0.3) is 0 Å². The van der Waals surface area contributed by atoms with Crippen molar-refractivity contribution >= 4 is 29.0 Å². The lowest BCUT2D eigenvalue weighted by atomic mass is 9.94. The SMILES string of the molecule is CN(CC(=O)c1ccc(Cl)c(Cl)c1)CC1(O)CCOCC1. The molecule has 21 heavy (non-hydrogen) atoms. The minimum absolute atomic E-state index is 0.0493. The first kappa shape index (κ1) is 16.7. The van der Waals surface area contributed by atoms with Gasteiger partial charge in [0.1, 0.15) is 0 Å². The summed E-state index contributed by atoms with van der Waals surface area (Å²) >= 11 is 11.8. The first-order valence-electron chi connectivity index (χ1n) is 6.86. The molecule has 0 aromatic heterocycles. The Balaban J connectivity index is 1.93. The fourth-order valence-electron chi connectivity index (χ4n) is 2.47. The summed E-state index contributed by atoms with van der Waals surface area (Å²) in [5.74, 6) is -0.0493. The Bertz CT molecular complexity index is 516. The number of halogens is 2. The molecule has 0 unspecified atom stereocenters. The van der Waals surface area contributed by atoms with Gasteiger partial charge in [0.05, 0.1) is 22.2 Å². The van der Waals surface area contributed by atoms with Crippen LogP contribution in [0.3, 0.4) is 0 Å². The Labute approximate surface area is 134 Å². The maximum absolute atomic E-state index is 12.2. The molecule has 4 nitrogen and oxygen atoms in total. The molecular weight excluding hydrogens is 313 g/mol. The van der Waals surface area contributed by atoms with Gasteiger partial charge in [0.25, 0.3) is 0 Å². The van der Waals surface area contributed by atoms with Crippen LogP contribution in [-0.4, -0.2) is 54.7 Å². The van der Waals surface area contributed by atoms with Crippen LogP contribution in [0.4, 0.5) is 0 Å². The number of carbonyl (C=O) groups is 1. The van der Waals surface area contributed by atoms with Crippen molar-refractivity contribution in [2.45, 2.75) is 18.4 Å². The number of ketones is 1. The van der Waals surface area contributed by atoms with Gasteiger partial charge in [0.2, 0.25) is 0 Å².